The fourth-order valence-electron chi connectivity index (χ4n) is 2.44. The molecule has 1 aromatic carbocycles. The maximum absolute atomic E-state index is 4.80. The van der Waals surface area contributed by atoms with Crippen LogP contribution in [-0.4, -0.2) is 45.8 Å². The molecule has 0 aliphatic heterocycles. The summed E-state index contributed by atoms with van der Waals surface area (Å²) in [7, 11) is 3.92. The Bertz CT molecular complexity index is 658. The van der Waals surface area contributed by atoms with Crippen molar-refractivity contribution in [3.05, 3.63) is 47.5 Å². The number of nitrogens with one attached hydrogen (secondary N) is 1. The van der Waals surface area contributed by atoms with E-state index in [1.807, 2.05) is 14.1 Å². The van der Waals surface area contributed by atoms with Gasteiger partial charge in [0.15, 0.2) is 5.96 Å². The molecule has 2 aromatic rings. The highest BCUT2D eigenvalue weighted by molar-refractivity contribution is 5.79. The third-order valence-corrected chi connectivity index (χ3v) is 4.04. The molecule has 0 fully saturated rings. The highest BCUT2D eigenvalue weighted by Crippen LogP contribution is 2.16. The van der Waals surface area contributed by atoms with E-state index in [0.717, 1.165) is 24.9 Å². The molecule has 1 N–H and O–H groups in total. The van der Waals surface area contributed by atoms with E-state index in [1.165, 1.54) is 11.1 Å². The Morgan fingerprint density at radius 3 is 2.62 bits per heavy atom. The van der Waals surface area contributed by atoms with Gasteiger partial charge in [0, 0.05) is 33.1 Å². The number of hydrogen-bond donors (Lipinski definition) is 1. The summed E-state index contributed by atoms with van der Waals surface area (Å²) in [5.41, 5.74) is 2.60. The van der Waals surface area contributed by atoms with Crippen molar-refractivity contribution in [2.75, 3.05) is 20.1 Å². The van der Waals surface area contributed by atoms with Gasteiger partial charge in [-0.1, -0.05) is 36.8 Å². The van der Waals surface area contributed by atoms with Gasteiger partial charge in [0.1, 0.15) is 12.2 Å². The van der Waals surface area contributed by atoms with Crippen LogP contribution >= 0.6 is 0 Å². The number of guanidine groups is 1. The van der Waals surface area contributed by atoms with Crippen LogP contribution in [0.1, 0.15) is 36.7 Å². The van der Waals surface area contributed by atoms with E-state index in [2.05, 4.69) is 65.3 Å². The summed E-state index contributed by atoms with van der Waals surface area (Å²) in [6.07, 6.45) is 1.58. The maximum atomic E-state index is 4.80. The monoisotopic (exact) mass is 328 g/mol. The van der Waals surface area contributed by atoms with Gasteiger partial charge in [0.25, 0.3) is 0 Å². The molecule has 6 nitrogen and oxygen atoms in total. The summed E-state index contributed by atoms with van der Waals surface area (Å²) >= 11 is 0. The minimum atomic E-state index is 0.377. The SMILES string of the molecule is CCNC(=NCC(C)c1ccc(C)cc1)N(C)Cc1ncnn1C. The Morgan fingerprint density at radius 1 is 1.33 bits per heavy atom. The second-order valence-electron chi connectivity index (χ2n) is 6.16. The Balaban J connectivity index is 2.03. The molecule has 0 aliphatic rings. The number of aliphatic imine (C=N–C) groups is 1. The summed E-state index contributed by atoms with van der Waals surface area (Å²) in [4.78, 5) is 11.2. The average molecular weight is 328 g/mol. The summed E-state index contributed by atoms with van der Waals surface area (Å²) in [5.74, 6) is 2.18. The Kier molecular flexibility index (Phi) is 6.35. The molecule has 0 bridgehead atoms. The number of benzene rings is 1. The molecule has 130 valence electrons. The largest absolute Gasteiger partial charge is 0.357 e. The predicted octanol–water partition coefficient (Wildman–Crippen LogP) is 2.32. The second kappa shape index (κ2) is 8.47. The van der Waals surface area contributed by atoms with Crippen LogP contribution in [0.25, 0.3) is 0 Å². The average Bonchev–Trinajstić information content (AvgIpc) is 2.96. The standard InChI is InChI=1S/C18H28N6/c1-6-19-18(23(4)12-17-21-13-22-24(17)5)20-11-15(3)16-9-7-14(2)8-10-16/h7-10,13,15H,6,11-12H2,1-5H3,(H,19,20). The van der Waals surface area contributed by atoms with Crippen LogP contribution in [0.2, 0.25) is 0 Å². The van der Waals surface area contributed by atoms with Crippen molar-refractivity contribution in [3.8, 4) is 0 Å². The van der Waals surface area contributed by atoms with E-state index in [4.69, 9.17) is 4.99 Å². The Labute approximate surface area is 144 Å². The first kappa shape index (κ1) is 18.0. The molecule has 1 atom stereocenters. The van der Waals surface area contributed by atoms with Crippen molar-refractivity contribution in [2.45, 2.75) is 33.2 Å². The van der Waals surface area contributed by atoms with Gasteiger partial charge in [-0.2, -0.15) is 5.10 Å². The lowest BCUT2D eigenvalue weighted by Gasteiger charge is -2.22. The van der Waals surface area contributed by atoms with Crippen LogP contribution in [0.3, 0.4) is 0 Å². The van der Waals surface area contributed by atoms with Crippen LogP contribution in [-0.2, 0) is 13.6 Å². The van der Waals surface area contributed by atoms with Crippen LogP contribution in [0.4, 0.5) is 0 Å². The van der Waals surface area contributed by atoms with Crippen molar-refractivity contribution < 1.29 is 0 Å². The van der Waals surface area contributed by atoms with Crippen LogP contribution in [0.5, 0.6) is 0 Å². The summed E-state index contributed by atoms with van der Waals surface area (Å²) < 4.78 is 1.79. The fraction of sp³-hybridized carbons (Fsp3) is 0.500. The molecule has 24 heavy (non-hydrogen) atoms. The number of aryl methyl sites for hydroxylation is 2. The molecule has 2 rings (SSSR count). The fourth-order valence-corrected chi connectivity index (χ4v) is 2.44. The number of nitrogens with zero attached hydrogens (tertiary/aromatic N) is 5. The van der Waals surface area contributed by atoms with Gasteiger partial charge < -0.3 is 10.2 Å². The summed E-state index contributed by atoms with van der Waals surface area (Å²) in [5, 5.41) is 7.46. The Morgan fingerprint density at radius 2 is 2.04 bits per heavy atom. The van der Waals surface area contributed by atoms with Crippen molar-refractivity contribution in [2.24, 2.45) is 12.0 Å². The van der Waals surface area contributed by atoms with E-state index in [9.17, 15) is 0 Å². The number of aromatic nitrogens is 3. The molecule has 1 aromatic heterocycles. The van der Waals surface area contributed by atoms with Crippen LogP contribution in [0, 0.1) is 6.92 Å². The zero-order valence-electron chi connectivity index (χ0n) is 15.3. The normalized spacial score (nSPS) is 13.0. The first-order valence-electron chi connectivity index (χ1n) is 8.40. The molecule has 6 heteroatoms. The summed E-state index contributed by atoms with van der Waals surface area (Å²) in [6, 6.07) is 8.68. The zero-order chi connectivity index (χ0) is 17.5. The molecule has 0 saturated carbocycles. The smallest absolute Gasteiger partial charge is 0.194 e. The van der Waals surface area contributed by atoms with Crippen LogP contribution < -0.4 is 5.32 Å². The number of rotatable bonds is 6. The van der Waals surface area contributed by atoms with Crippen LogP contribution in [0.15, 0.2) is 35.6 Å². The lowest BCUT2D eigenvalue weighted by molar-refractivity contribution is 0.448. The van der Waals surface area contributed by atoms with Gasteiger partial charge in [-0.3, -0.25) is 9.67 Å². The van der Waals surface area contributed by atoms with E-state index in [0.29, 0.717) is 12.5 Å². The molecule has 0 saturated heterocycles. The van der Waals surface area contributed by atoms with E-state index < -0.39 is 0 Å². The maximum Gasteiger partial charge on any atom is 0.194 e. The molecular formula is C18H28N6. The van der Waals surface area contributed by atoms with Crippen molar-refractivity contribution in [1.82, 2.24) is 25.0 Å². The third-order valence-electron chi connectivity index (χ3n) is 4.04. The highest BCUT2D eigenvalue weighted by atomic mass is 15.4. The van der Waals surface area contributed by atoms with E-state index >= 15 is 0 Å². The molecule has 1 unspecified atom stereocenters. The molecule has 0 spiro atoms. The van der Waals surface area contributed by atoms with Gasteiger partial charge >= 0.3 is 0 Å². The zero-order valence-corrected chi connectivity index (χ0v) is 15.3. The van der Waals surface area contributed by atoms with E-state index in [-0.39, 0.29) is 0 Å². The van der Waals surface area contributed by atoms with Gasteiger partial charge in [-0.05, 0) is 19.4 Å². The van der Waals surface area contributed by atoms with Gasteiger partial charge in [0.2, 0.25) is 0 Å². The van der Waals surface area contributed by atoms with Gasteiger partial charge in [0.05, 0.1) is 6.54 Å². The van der Waals surface area contributed by atoms with E-state index in [1.54, 1.807) is 11.0 Å². The highest BCUT2D eigenvalue weighted by Gasteiger charge is 2.11. The first-order chi connectivity index (χ1) is 11.5. The summed E-state index contributed by atoms with van der Waals surface area (Å²) in [6.45, 7) is 8.64. The van der Waals surface area contributed by atoms with Crippen molar-refractivity contribution >= 4 is 5.96 Å². The Hall–Kier alpha value is -2.37. The van der Waals surface area contributed by atoms with Crippen molar-refractivity contribution in [1.29, 1.82) is 0 Å². The first-order valence-corrected chi connectivity index (χ1v) is 8.40. The molecule has 0 amide bonds. The second-order valence-corrected chi connectivity index (χ2v) is 6.16. The molecule has 1 heterocycles. The molecular weight excluding hydrogens is 300 g/mol. The molecule has 0 aliphatic carbocycles. The minimum absolute atomic E-state index is 0.377. The third kappa shape index (κ3) is 4.81. The predicted molar refractivity (Wildman–Crippen MR) is 98.0 cm³/mol. The minimum Gasteiger partial charge on any atom is -0.357 e. The lowest BCUT2D eigenvalue weighted by Crippen LogP contribution is -2.39. The number of hydrogen-bond acceptors (Lipinski definition) is 3. The van der Waals surface area contributed by atoms with Gasteiger partial charge in [-0.25, -0.2) is 4.98 Å². The quantitative estimate of drug-likeness (QED) is 0.653. The van der Waals surface area contributed by atoms with Crippen molar-refractivity contribution in [3.63, 3.8) is 0 Å². The topological polar surface area (TPSA) is 58.3 Å². The molecule has 0 radical (unpaired) electrons. The lowest BCUT2D eigenvalue weighted by atomic mass is 10.0. The van der Waals surface area contributed by atoms with Gasteiger partial charge in [-0.15, -0.1) is 0 Å².